The molecule has 7 nitrogen and oxygen atoms in total. The third-order valence-electron chi connectivity index (χ3n) is 5.19. The van der Waals surface area contributed by atoms with Crippen molar-refractivity contribution in [3.8, 4) is 0 Å². The van der Waals surface area contributed by atoms with Gasteiger partial charge in [0, 0.05) is 19.1 Å². The van der Waals surface area contributed by atoms with Crippen LogP contribution in [0.4, 0.5) is 0 Å². The molecule has 1 saturated heterocycles. The van der Waals surface area contributed by atoms with Crippen LogP contribution < -0.4 is 5.56 Å². The SMILES string of the molecule is C=CCn1c(SCC(=O)N(CCCC)C2CCS(=O)(=O)C2)nc2ccccc2c1=O. The zero-order chi connectivity index (χ0) is 21.7. The lowest BCUT2D eigenvalue weighted by molar-refractivity contribution is -0.130. The highest BCUT2D eigenvalue weighted by Crippen LogP contribution is 2.22. The van der Waals surface area contributed by atoms with E-state index in [0.717, 1.165) is 12.8 Å². The summed E-state index contributed by atoms with van der Waals surface area (Å²) in [5, 5.41) is 0.984. The fourth-order valence-electron chi connectivity index (χ4n) is 3.62. The number of benzene rings is 1. The summed E-state index contributed by atoms with van der Waals surface area (Å²) in [6.45, 7) is 6.59. The second-order valence-corrected chi connectivity index (χ2v) is 10.6. The molecule has 162 valence electrons. The lowest BCUT2D eigenvalue weighted by Gasteiger charge is -2.28. The summed E-state index contributed by atoms with van der Waals surface area (Å²) in [6.07, 6.45) is 3.85. The Morgan fingerprint density at radius 3 is 2.83 bits per heavy atom. The molecule has 0 radical (unpaired) electrons. The lowest BCUT2D eigenvalue weighted by Crippen LogP contribution is -2.42. The van der Waals surface area contributed by atoms with E-state index >= 15 is 0 Å². The van der Waals surface area contributed by atoms with E-state index in [9.17, 15) is 18.0 Å². The summed E-state index contributed by atoms with van der Waals surface area (Å²) in [7, 11) is -3.08. The van der Waals surface area contributed by atoms with E-state index in [0.29, 0.717) is 35.6 Å². The van der Waals surface area contributed by atoms with Crippen LogP contribution in [0.3, 0.4) is 0 Å². The average molecular weight is 450 g/mol. The van der Waals surface area contributed by atoms with Gasteiger partial charge in [-0.2, -0.15) is 0 Å². The Labute approximate surface area is 181 Å². The normalized spacial score (nSPS) is 17.8. The van der Waals surface area contributed by atoms with Crippen LogP contribution in [0, 0.1) is 0 Å². The number of hydrogen-bond donors (Lipinski definition) is 0. The van der Waals surface area contributed by atoms with Gasteiger partial charge in [0.1, 0.15) is 0 Å². The van der Waals surface area contributed by atoms with E-state index in [-0.39, 0.29) is 34.8 Å². The highest BCUT2D eigenvalue weighted by molar-refractivity contribution is 7.99. The summed E-state index contributed by atoms with van der Waals surface area (Å²) >= 11 is 1.21. The number of carbonyl (C=O) groups is 1. The molecule has 0 aliphatic carbocycles. The fraction of sp³-hybridized carbons (Fsp3) is 0.476. The smallest absolute Gasteiger partial charge is 0.262 e. The van der Waals surface area contributed by atoms with Gasteiger partial charge in [0.2, 0.25) is 5.91 Å². The maximum atomic E-state index is 13.0. The highest BCUT2D eigenvalue weighted by Gasteiger charge is 2.34. The number of fused-ring (bicyclic) bond motifs is 1. The maximum absolute atomic E-state index is 13.0. The van der Waals surface area contributed by atoms with Crippen molar-refractivity contribution < 1.29 is 13.2 Å². The van der Waals surface area contributed by atoms with E-state index in [2.05, 4.69) is 11.6 Å². The summed E-state index contributed by atoms with van der Waals surface area (Å²) in [5.74, 6) is 0.138. The molecule has 0 spiro atoms. The molecule has 1 aromatic heterocycles. The molecule has 0 saturated carbocycles. The van der Waals surface area contributed by atoms with Gasteiger partial charge in [-0.1, -0.05) is 43.3 Å². The van der Waals surface area contributed by atoms with Crippen LogP contribution in [0.15, 0.2) is 46.9 Å². The Balaban J connectivity index is 1.82. The molecule has 1 atom stereocenters. The van der Waals surface area contributed by atoms with Crippen LogP contribution in [-0.2, 0) is 21.2 Å². The van der Waals surface area contributed by atoms with E-state index in [1.54, 1.807) is 29.2 Å². The Kier molecular flexibility index (Phi) is 7.36. The van der Waals surface area contributed by atoms with Gasteiger partial charge in [-0.3, -0.25) is 14.2 Å². The molecular formula is C21H27N3O4S2. The van der Waals surface area contributed by atoms with Crippen LogP contribution in [0.5, 0.6) is 0 Å². The van der Waals surface area contributed by atoms with Crippen LogP contribution >= 0.6 is 11.8 Å². The average Bonchev–Trinajstić information content (AvgIpc) is 3.08. The molecule has 3 rings (SSSR count). The number of amides is 1. The number of aromatic nitrogens is 2. The van der Waals surface area contributed by atoms with E-state index < -0.39 is 9.84 Å². The van der Waals surface area contributed by atoms with E-state index in [4.69, 9.17) is 0 Å². The number of hydrogen-bond acceptors (Lipinski definition) is 6. The Bertz CT molecular complexity index is 1100. The zero-order valence-electron chi connectivity index (χ0n) is 17.1. The molecule has 0 bridgehead atoms. The van der Waals surface area contributed by atoms with Gasteiger partial charge in [0.25, 0.3) is 5.56 Å². The Morgan fingerprint density at radius 2 is 2.17 bits per heavy atom. The molecule has 9 heteroatoms. The molecule has 1 aliphatic rings. The van der Waals surface area contributed by atoms with Crippen molar-refractivity contribution in [1.29, 1.82) is 0 Å². The molecule has 1 fully saturated rings. The summed E-state index contributed by atoms with van der Waals surface area (Å²) in [6, 6.07) is 6.85. The molecule has 1 aromatic carbocycles. The largest absolute Gasteiger partial charge is 0.338 e. The third kappa shape index (κ3) is 5.13. The quantitative estimate of drug-likeness (QED) is 0.332. The van der Waals surface area contributed by atoms with E-state index in [1.165, 1.54) is 16.3 Å². The zero-order valence-corrected chi connectivity index (χ0v) is 18.8. The number of para-hydroxylation sites is 1. The first kappa shape index (κ1) is 22.6. The van der Waals surface area contributed by atoms with Crippen molar-refractivity contribution >= 4 is 38.4 Å². The molecule has 2 heterocycles. The molecule has 30 heavy (non-hydrogen) atoms. The summed E-state index contributed by atoms with van der Waals surface area (Å²) < 4.78 is 25.3. The summed E-state index contributed by atoms with van der Waals surface area (Å²) in [5.41, 5.74) is 0.419. The fourth-order valence-corrected chi connectivity index (χ4v) is 6.24. The third-order valence-corrected chi connectivity index (χ3v) is 7.90. The molecule has 1 aliphatic heterocycles. The van der Waals surface area contributed by atoms with Crippen LogP contribution in [0.25, 0.3) is 10.9 Å². The van der Waals surface area contributed by atoms with Crippen molar-refractivity contribution in [2.24, 2.45) is 0 Å². The highest BCUT2D eigenvalue weighted by atomic mass is 32.2. The van der Waals surface area contributed by atoms with Crippen molar-refractivity contribution in [3.05, 3.63) is 47.3 Å². The maximum Gasteiger partial charge on any atom is 0.262 e. The van der Waals surface area contributed by atoms with Crippen LogP contribution in [0.1, 0.15) is 26.2 Å². The number of rotatable bonds is 9. The summed E-state index contributed by atoms with van der Waals surface area (Å²) in [4.78, 5) is 32.1. The molecule has 1 unspecified atom stereocenters. The first-order valence-electron chi connectivity index (χ1n) is 10.1. The van der Waals surface area contributed by atoms with Gasteiger partial charge < -0.3 is 4.90 Å². The van der Waals surface area contributed by atoms with Crippen molar-refractivity contribution in [2.45, 2.75) is 43.9 Å². The van der Waals surface area contributed by atoms with Gasteiger partial charge in [-0.25, -0.2) is 13.4 Å². The van der Waals surface area contributed by atoms with Crippen LogP contribution in [-0.4, -0.2) is 58.6 Å². The second kappa shape index (κ2) is 9.78. The van der Waals surface area contributed by atoms with Crippen LogP contribution in [0.2, 0.25) is 0 Å². The molecule has 2 aromatic rings. The minimum atomic E-state index is -3.08. The van der Waals surface area contributed by atoms with Crippen molar-refractivity contribution in [3.63, 3.8) is 0 Å². The molecule has 1 amide bonds. The monoisotopic (exact) mass is 449 g/mol. The van der Waals surface area contributed by atoms with E-state index in [1.807, 2.05) is 13.0 Å². The van der Waals surface area contributed by atoms with Crippen molar-refractivity contribution in [1.82, 2.24) is 14.5 Å². The molecule has 0 N–H and O–H groups in total. The number of thioether (sulfide) groups is 1. The number of unbranched alkanes of at least 4 members (excludes halogenated alkanes) is 1. The first-order chi connectivity index (χ1) is 14.4. The van der Waals surface area contributed by atoms with Gasteiger partial charge in [-0.05, 0) is 25.0 Å². The van der Waals surface area contributed by atoms with Crippen molar-refractivity contribution in [2.75, 3.05) is 23.8 Å². The standard InChI is InChI=1S/C21H27N3O4S2/c1-3-5-12-23(16-10-13-30(27,28)15-16)19(25)14-29-21-22-18-9-7-6-8-17(18)20(26)24(21)11-4-2/h4,6-9,16H,2-3,5,10-15H2,1H3. The topological polar surface area (TPSA) is 89.3 Å². The van der Waals surface area contributed by atoms with Gasteiger partial charge >= 0.3 is 0 Å². The Hall–Kier alpha value is -2.13. The predicted molar refractivity (Wildman–Crippen MR) is 121 cm³/mol. The van der Waals surface area contributed by atoms with Gasteiger partial charge in [0.15, 0.2) is 15.0 Å². The Morgan fingerprint density at radius 1 is 1.40 bits per heavy atom. The number of allylic oxidation sites excluding steroid dienone is 1. The lowest BCUT2D eigenvalue weighted by atomic mass is 10.2. The number of carbonyl (C=O) groups excluding carboxylic acids is 1. The minimum Gasteiger partial charge on any atom is -0.338 e. The minimum absolute atomic E-state index is 0.0303. The van der Waals surface area contributed by atoms with Gasteiger partial charge in [-0.15, -0.1) is 6.58 Å². The molecular weight excluding hydrogens is 422 g/mol. The number of sulfone groups is 1. The first-order valence-corrected chi connectivity index (χ1v) is 12.9. The predicted octanol–water partition coefficient (Wildman–Crippen LogP) is 2.49. The number of nitrogens with zero attached hydrogens (tertiary/aromatic N) is 3. The van der Waals surface area contributed by atoms with Gasteiger partial charge in [0.05, 0.1) is 28.2 Å². The second-order valence-electron chi connectivity index (χ2n) is 7.40.